The van der Waals surface area contributed by atoms with Gasteiger partial charge in [0.25, 0.3) is 0 Å². The Balaban J connectivity index is 1.70. The number of H-pyrrole nitrogens is 1. The summed E-state index contributed by atoms with van der Waals surface area (Å²) in [5.41, 5.74) is 4.34. The number of fused-ring (bicyclic) bond motifs is 1. The van der Waals surface area contributed by atoms with E-state index in [4.69, 9.17) is 14.7 Å². The maximum absolute atomic E-state index is 6.19. The minimum absolute atomic E-state index is 0.391. The standard InChI is InChI=1S/C22H17N7O/c1-14(21-23-13-25-29-21)30-22-19(16-10-6-3-7-11-16)26-17-12-24-28-18(20(17)27-22)15-8-4-2-5-9-15/h2-14H,1H3,(H,23,25,29). The fourth-order valence-corrected chi connectivity index (χ4v) is 3.18. The topological polar surface area (TPSA) is 102 Å². The molecule has 3 heterocycles. The van der Waals surface area contributed by atoms with Crippen LogP contribution in [0.3, 0.4) is 0 Å². The third-order valence-corrected chi connectivity index (χ3v) is 4.65. The average molecular weight is 395 g/mol. The van der Waals surface area contributed by atoms with Gasteiger partial charge in [0.1, 0.15) is 28.7 Å². The SMILES string of the molecule is CC(Oc1nc2c(-c3ccccc3)nncc2nc1-c1ccccc1)c1ncn[nH]1. The van der Waals surface area contributed by atoms with Crippen molar-refractivity contribution in [2.75, 3.05) is 0 Å². The lowest BCUT2D eigenvalue weighted by Crippen LogP contribution is -2.09. The van der Waals surface area contributed by atoms with E-state index in [1.54, 1.807) is 6.20 Å². The number of hydrogen-bond acceptors (Lipinski definition) is 7. The summed E-state index contributed by atoms with van der Waals surface area (Å²) in [6.45, 7) is 1.88. The molecule has 1 unspecified atom stereocenters. The van der Waals surface area contributed by atoms with Gasteiger partial charge in [-0.05, 0) is 6.92 Å². The van der Waals surface area contributed by atoms with Crippen molar-refractivity contribution in [1.82, 2.24) is 35.3 Å². The number of aromatic amines is 1. The normalized spacial score (nSPS) is 12.0. The van der Waals surface area contributed by atoms with Crippen molar-refractivity contribution in [3.63, 3.8) is 0 Å². The van der Waals surface area contributed by atoms with Gasteiger partial charge in [0.2, 0.25) is 5.88 Å². The molecular weight excluding hydrogens is 378 g/mol. The highest BCUT2D eigenvalue weighted by molar-refractivity contribution is 5.90. The van der Waals surface area contributed by atoms with Crippen LogP contribution in [0.15, 0.2) is 73.2 Å². The monoisotopic (exact) mass is 395 g/mol. The van der Waals surface area contributed by atoms with Crippen LogP contribution in [0, 0.1) is 0 Å². The molecule has 30 heavy (non-hydrogen) atoms. The fourth-order valence-electron chi connectivity index (χ4n) is 3.18. The molecule has 1 N–H and O–H groups in total. The zero-order valence-electron chi connectivity index (χ0n) is 16.1. The molecule has 0 saturated carbocycles. The summed E-state index contributed by atoms with van der Waals surface area (Å²) < 4.78 is 6.19. The number of hydrogen-bond donors (Lipinski definition) is 1. The summed E-state index contributed by atoms with van der Waals surface area (Å²) in [5.74, 6) is 0.995. The lowest BCUT2D eigenvalue weighted by Gasteiger charge is -2.15. The largest absolute Gasteiger partial charge is 0.465 e. The third kappa shape index (κ3) is 3.35. The number of nitrogens with one attached hydrogen (secondary N) is 1. The second kappa shape index (κ2) is 7.67. The van der Waals surface area contributed by atoms with Gasteiger partial charge in [0.15, 0.2) is 11.9 Å². The number of rotatable bonds is 5. The molecule has 2 aromatic carbocycles. The van der Waals surface area contributed by atoms with Crippen LogP contribution in [0.2, 0.25) is 0 Å². The Labute approximate surface area is 172 Å². The van der Waals surface area contributed by atoms with Crippen molar-refractivity contribution < 1.29 is 4.74 Å². The van der Waals surface area contributed by atoms with Gasteiger partial charge in [-0.15, -0.1) is 5.10 Å². The van der Waals surface area contributed by atoms with Crippen molar-refractivity contribution in [1.29, 1.82) is 0 Å². The van der Waals surface area contributed by atoms with Crippen molar-refractivity contribution in [3.05, 3.63) is 79.0 Å². The molecule has 5 aromatic rings. The van der Waals surface area contributed by atoms with Gasteiger partial charge in [-0.2, -0.15) is 10.2 Å². The van der Waals surface area contributed by atoms with E-state index < -0.39 is 6.10 Å². The number of ether oxygens (including phenoxy) is 1. The number of benzene rings is 2. The van der Waals surface area contributed by atoms with Gasteiger partial charge in [0, 0.05) is 11.1 Å². The molecular formula is C22H17N7O. The first kappa shape index (κ1) is 17.9. The van der Waals surface area contributed by atoms with E-state index in [0.29, 0.717) is 34.1 Å². The molecule has 0 fully saturated rings. The van der Waals surface area contributed by atoms with Crippen LogP contribution in [-0.4, -0.2) is 35.3 Å². The van der Waals surface area contributed by atoms with Crippen LogP contribution in [0.1, 0.15) is 18.9 Å². The molecule has 8 nitrogen and oxygen atoms in total. The summed E-state index contributed by atoms with van der Waals surface area (Å²) in [6.07, 6.45) is 2.67. The Morgan fingerprint density at radius 1 is 0.867 bits per heavy atom. The van der Waals surface area contributed by atoms with Crippen LogP contribution in [0.4, 0.5) is 0 Å². The third-order valence-electron chi connectivity index (χ3n) is 4.65. The highest BCUT2D eigenvalue weighted by Crippen LogP contribution is 2.33. The Morgan fingerprint density at radius 3 is 2.23 bits per heavy atom. The number of nitrogens with zero attached hydrogens (tertiary/aromatic N) is 6. The van der Waals surface area contributed by atoms with Gasteiger partial charge >= 0.3 is 0 Å². The molecule has 0 saturated heterocycles. The van der Waals surface area contributed by atoms with E-state index in [9.17, 15) is 0 Å². The highest BCUT2D eigenvalue weighted by atomic mass is 16.5. The summed E-state index contributed by atoms with van der Waals surface area (Å²) >= 11 is 0. The first-order chi connectivity index (χ1) is 14.8. The summed E-state index contributed by atoms with van der Waals surface area (Å²) in [6, 6.07) is 19.6. The van der Waals surface area contributed by atoms with Gasteiger partial charge in [-0.25, -0.2) is 15.0 Å². The van der Waals surface area contributed by atoms with Gasteiger partial charge in [-0.3, -0.25) is 5.10 Å². The van der Waals surface area contributed by atoms with Crippen LogP contribution in [0.25, 0.3) is 33.5 Å². The smallest absolute Gasteiger partial charge is 0.242 e. The maximum atomic E-state index is 6.19. The number of aromatic nitrogens is 7. The lowest BCUT2D eigenvalue weighted by atomic mass is 10.1. The molecule has 8 heteroatoms. The molecule has 5 rings (SSSR count). The highest BCUT2D eigenvalue weighted by Gasteiger charge is 2.20. The van der Waals surface area contributed by atoms with Crippen LogP contribution in [0.5, 0.6) is 5.88 Å². The molecule has 146 valence electrons. The Kier molecular flexibility index (Phi) is 4.57. The Bertz CT molecular complexity index is 1280. The van der Waals surface area contributed by atoms with Crippen molar-refractivity contribution in [2.45, 2.75) is 13.0 Å². The van der Waals surface area contributed by atoms with E-state index in [1.165, 1.54) is 6.33 Å². The lowest BCUT2D eigenvalue weighted by molar-refractivity contribution is 0.209. The average Bonchev–Trinajstić information content (AvgIpc) is 3.35. The summed E-state index contributed by atoms with van der Waals surface area (Å²) in [4.78, 5) is 13.8. The Morgan fingerprint density at radius 2 is 1.57 bits per heavy atom. The van der Waals surface area contributed by atoms with Crippen molar-refractivity contribution in [3.8, 4) is 28.4 Å². The van der Waals surface area contributed by atoms with Gasteiger partial charge in [-0.1, -0.05) is 60.7 Å². The quantitative estimate of drug-likeness (QED) is 0.479. The molecule has 1 atom stereocenters. The second-order valence-corrected chi connectivity index (χ2v) is 6.67. The summed E-state index contributed by atoms with van der Waals surface area (Å²) in [7, 11) is 0. The molecule has 0 radical (unpaired) electrons. The molecule has 0 spiro atoms. The first-order valence-electron chi connectivity index (χ1n) is 9.46. The predicted molar refractivity (Wildman–Crippen MR) is 111 cm³/mol. The zero-order chi connectivity index (χ0) is 20.3. The first-order valence-corrected chi connectivity index (χ1v) is 9.46. The molecule has 0 amide bonds. The second-order valence-electron chi connectivity index (χ2n) is 6.67. The zero-order valence-corrected chi connectivity index (χ0v) is 16.1. The van der Waals surface area contributed by atoms with Crippen molar-refractivity contribution >= 4 is 11.0 Å². The summed E-state index contributed by atoms with van der Waals surface area (Å²) in [5, 5.41) is 15.2. The molecule has 0 bridgehead atoms. The predicted octanol–water partition coefficient (Wildman–Crippen LogP) is 4.01. The molecule has 3 aromatic heterocycles. The fraction of sp³-hybridized carbons (Fsp3) is 0.0909. The molecule has 0 aliphatic rings. The van der Waals surface area contributed by atoms with Crippen molar-refractivity contribution in [2.24, 2.45) is 0 Å². The van der Waals surface area contributed by atoms with Gasteiger partial charge in [0.05, 0.1) is 6.20 Å². The van der Waals surface area contributed by atoms with E-state index in [0.717, 1.165) is 11.1 Å². The van der Waals surface area contributed by atoms with Crippen LogP contribution < -0.4 is 4.74 Å². The van der Waals surface area contributed by atoms with E-state index in [-0.39, 0.29) is 0 Å². The molecule has 0 aliphatic heterocycles. The van der Waals surface area contributed by atoms with E-state index >= 15 is 0 Å². The van der Waals surface area contributed by atoms with Gasteiger partial charge < -0.3 is 4.74 Å². The van der Waals surface area contributed by atoms with Crippen LogP contribution >= 0.6 is 0 Å². The molecule has 0 aliphatic carbocycles. The van der Waals surface area contributed by atoms with E-state index in [2.05, 4.69) is 25.4 Å². The minimum Gasteiger partial charge on any atom is -0.465 e. The maximum Gasteiger partial charge on any atom is 0.242 e. The van der Waals surface area contributed by atoms with E-state index in [1.807, 2.05) is 67.6 Å². The minimum atomic E-state index is -0.392. The Hall–Kier alpha value is -4.20. The van der Waals surface area contributed by atoms with Crippen LogP contribution in [-0.2, 0) is 0 Å².